The summed E-state index contributed by atoms with van der Waals surface area (Å²) >= 11 is 1.76. The number of benzene rings is 3. The second-order valence-electron chi connectivity index (χ2n) is 7.31. The molecule has 1 amide bonds. The summed E-state index contributed by atoms with van der Waals surface area (Å²) in [7, 11) is 0. The molecule has 0 saturated carbocycles. The minimum absolute atomic E-state index is 0.179. The molecule has 1 atom stereocenters. The van der Waals surface area contributed by atoms with E-state index in [0.29, 0.717) is 0 Å². The minimum Gasteiger partial charge on any atom is -0.457 e. The van der Waals surface area contributed by atoms with E-state index in [9.17, 15) is 4.79 Å². The van der Waals surface area contributed by atoms with E-state index in [4.69, 9.17) is 10.5 Å². The fourth-order valence-electron chi connectivity index (χ4n) is 4.43. The van der Waals surface area contributed by atoms with Crippen LogP contribution in [0.3, 0.4) is 0 Å². The summed E-state index contributed by atoms with van der Waals surface area (Å²) in [6.07, 6.45) is 2.94. The molecule has 2 N–H and O–H groups in total. The highest BCUT2D eigenvalue weighted by atomic mass is 32.2. The summed E-state index contributed by atoms with van der Waals surface area (Å²) in [5.74, 6) is 1.50. The monoisotopic (exact) mass is 403 g/mol. The Morgan fingerprint density at radius 1 is 0.966 bits per heavy atom. The number of ether oxygens (including phenoxy) is 1. The van der Waals surface area contributed by atoms with E-state index >= 15 is 0 Å². The van der Waals surface area contributed by atoms with Crippen molar-refractivity contribution in [2.75, 3.05) is 6.26 Å². The predicted octanol–water partition coefficient (Wildman–Crippen LogP) is 5.62. The smallest absolute Gasteiger partial charge is 0.225 e. The molecule has 1 unspecified atom stereocenters. The van der Waals surface area contributed by atoms with Crippen LogP contribution in [0.2, 0.25) is 0 Å². The normalized spacial score (nSPS) is 13.9. The number of primary amides is 1. The molecule has 0 saturated heterocycles. The zero-order chi connectivity index (χ0) is 20.4. The summed E-state index contributed by atoms with van der Waals surface area (Å²) in [5.41, 5.74) is 11.6. The molecular formula is C25H25NO2S. The van der Waals surface area contributed by atoms with Gasteiger partial charge < -0.3 is 10.5 Å². The van der Waals surface area contributed by atoms with Gasteiger partial charge in [-0.2, -0.15) is 11.8 Å². The number of aryl methyl sites for hydroxylation is 1. The maximum Gasteiger partial charge on any atom is 0.225 e. The van der Waals surface area contributed by atoms with Crippen molar-refractivity contribution in [1.82, 2.24) is 0 Å². The molecule has 0 aromatic heterocycles. The van der Waals surface area contributed by atoms with Gasteiger partial charge in [-0.15, -0.1) is 0 Å². The summed E-state index contributed by atoms with van der Waals surface area (Å²) < 4.78 is 6.15. The molecule has 0 aliphatic carbocycles. The lowest BCUT2D eigenvalue weighted by molar-refractivity contribution is -0.119. The summed E-state index contributed by atoms with van der Waals surface area (Å²) in [4.78, 5) is 13.0. The fraction of sp³-hybridized carbons (Fsp3) is 0.240. The highest BCUT2D eigenvalue weighted by Gasteiger charge is 2.38. The first-order valence-electron chi connectivity index (χ1n) is 9.90. The molecule has 0 radical (unpaired) electrons. The number of rotatable bonds is 6. The highest BCUT2D eigenvalue weighted by molar-refractivity contribution is 7.97. The first kappa shape index (κ1) is 19.6. The average molecular weight is 404 g/mol. The lowest BCUT2D eigenvalue weighted by Crippen LogP contribution is -2.31. The Hall–Kier alpha value is -2.72. The van der Waals surface area contributed by atoms with Gasteiger partial charge in [0.15, 0.2) is 0 Å². The quantitative estimate of drug-likeness (QED) is 0.581. The fourth-order valence-corrected chi connectivity index (χ4v) is 5.00. The largest absolute Gasteiger partial charge is 0.457 e. The van der Waals surface area contributed by atoms with Crippen LogP contribution in [0.15, 0.2) is 66.7 Å². The van der Waals surface area contributed by atoms with Gasteiger partial charge in [-0.05, 0) is 41.5 Å². The third-order valence-corrected chi connectivity index (χ3v) is 6.25. The van der Waals surface area contributed by atoms with Crippen LogP contribution in [0.25, 0.3) is 0 Å². The molecule has 0 fully saturated rings. The van der Waals surface area contributed by atoms with Crippen molar-refractivity contribution in [3.05, 3.63) is 94.5 Å². The van der Waals surface area contributed by atoms with E-state index in [-0.39, 0.29) is 11.8 Å². The third-order valence-electron chi connectivity index (χ3n) is 5.65. The van der Waals surface area contributed by atoms with Gasteiger partial charge in [-0.1, -0.05) is 61.5 Å². The number of para-hydroxylation sites is 2. The second kappa shape index (κ2) is 8.34. The van der Waals surface area contributed by atoms with Crippen LogP contribution in [0, 0.1) is 0 Å². The van der Waals surface area contributed by atoms with Gasteiger partial charge in [0.05, 0.1) is 5.92 Å². The van der Waals surface area contributed by atoms with E-state index in [2.05, 4.69) is 43.5 Å². The first-order chi connectivity index (χ1) is 14.2. The van der Waals surface area contributed by atoms with Crippen molar-refractivity contribution >= 4 is 17.7 Å². The Kier molecular flexibility index (Phi) is 5.63. The van der Waals surface area contributed by atoms with E-state index in [1.54, 1.807) is 11.8 Å². The molecule has 1 aliphatic rings. The van der Waals surface area contributed by atoms with Crippen LogP contribution in [-0.2, 0) is 17.0 Å². The molecule has 0 spiro atoms. The second-order valence-corrected chi connectivity index (χ2v) is 8.18. The number of hydrogen-bond donors (Lipinski definition) is 1. The van der Waals surface area contributed by atoms with Gasteiger partial charge in [0, 0.05) is 22.8 Å². The van der Waals surface area contributed by atoms with Crippen LogP contribution in [0.5, 0.6) is 11.5 Å². The zero-order valence-electron chi connectivity index (χ0n) is 16.7. The zero-order valence-corrected chi connectivity index (χ0v) is 17.5. The SMILES string of the molecule is CCc1cccc(CSC)c1C(C(N)=O)C1c2ccccc2Oc2ccccc21. The lowest BCUT2D eigenvalue weighted by Gasteiger charge is -2.34. The number of amides is 1. The Balaban J connectivity index is 1.99. The van der Waals surface area contributed by atoms with E-state index < -0.39 is 5.92 Å². The Morgan fingerprint density at radius 3 is 2.10 bits per heavy atom. The third kappa shape index (κ3) is 3.53. The van der Waals surface area contributed by atoms with Crippen molar-refractivity contribution in [1.29, 1.82) is 0 Å². The highest BCUT2D eigenvalue weighted by Crippen LogP contribution is 2.51. The number of fused-ring (bicyclic) bond motifs is 2. The molecule has 3 nitrogen and oxygen atoms in total. The van der Waals surface area contributed by atoms with Crippen LogP contribution in [0.1, 0.15) is 46.6 Å². The molecule has 1 aliphatic heterocycles. The van der Waals surface area contributed by atoms with Crippen molar-refractivity contribution in [2.24, 2.45) is 5.73 Å². The van der Waals surface area contributed by atoms with Gasteiger partial charge in [0.25, 0.3) is 0 Å². The predicted molar refractivity (Wildman–Crippen MR) is 120 cm³/mol. The molecule has 0 bridgehead atoms. The van der Waals surface area contributed by atoms with Crippen molar-refractivity contribution < 1.29 is 9.53 Å². The van der Waals surface area contributed by atoms with Crippen LogP contribution in [-0.4, -0.2) is 12.2 Å². The van der Waals surface area contributed by atoms with Gasteiger partial charge in [0.2, 0.25) is 5.91 Å². The Bertz CT molecular complexity index is 1000. The van der Waals surface area contributed by atoms with Crippen LogP contribution < -0.4 is 10.5 Å². The summed E-state index contributed by atoms with van der Waals surface area (Å²) in [5, 5.41) is 0. The standard InChI is InChI=1S/C25H25NO2S/c1-3-16-9-8-10-17(15-29-2)22(16)24(25(26)27)23-18-11-4-6-13-20(18)28-21-14-7-5-12-19(21)23/h4-14,23-24H,3,15H2,1-2H3,(H2,26,27). The number of carbonyl (C=O) groups excluding carboxylic acids is 1. The van der Waals surface area contributed by atoms with Gasteiger partial charge in [-0.3, -0.25) is 4.79 Å². The molecular weight excluding hydrogens is 378 g/mol. The number of carbonyl (C=O) groups is 1. The van der Waals surface area contributed by atoms with Crippen molar-refractivity contribution in [3.8, 4) is 11.5 Å². The maximum atomic E-state index is 13.0. The van der Waals surface area contributed by atoms with Crippen molar-refractivity contribution in [2.45, 2.75) is 30.9 Å². The molecule has 3 aromatic rings. The summed E-state index contributed by atoms with van der Waals surface area (Å²) in [6.45, 7) is 2.13. The summed E-state index contributed by atoms with van der Waals surface area (Å²) in [6, 6.07) is 22.3. The lowest BCUT2D eigenvalue weighted by atomic mass is 9.72. The minimum atomic E-state index is -0.459. The van der Waals surface area contributed by atoms with E-state index in [1.165, 1.54) is 11.1 Å². The number of thioether (sulfide) groups is 1. The molecule has 3 aromatic carbocycles. The maximum absolute atomic E-state index is 13.0. The van der Waals surface area contributed by atoms with E-state index in [0.717, 1.165) is 40.4 Å². The van der Waals surface area contributed by atoms with Crippen LogP contribution >= 0.6 is 11.8 Å². The van der Waals surface area contributed by atoms with Crippen LogP contribution in [0.4, 0.5) is 0 Å². The molecule has 1 heterocycles. The first-order valence-corrected chi connectivity index (χ1v) is 11.3. The van der Waals surface area contributed by atoms with Crippen molar-refractivity contribution in [3.63, 3.8) is 0 Å². The molecule has 29 heavy (non-hydrogen) atoms. The molecule has 4 heteroatoms. The Morgan fingerprint density at radius 2 is 1.55 bits per heavy atom. The molecule has 4 rings (SSSR count). The Labute approximate surface area is 176 Å². The van der Waals surface area contributed by atoms with Gasteiger partial charge in [0.1, 0.15) is 11.5 Å². The number of nitrogens with two attached hydrogens (primary N) is 1. The topological polar surface area (TPSA) is 52.3 Å². The number of hydrogen-bond acceptors (Lipinski definition) is 3. The van der Waals surface area contributed by atoms with E-state index in [1.807, 2.05) is 36.4 Å². The molecule has 148 valence electrons. The average Bonchev–Trinajstić information content (AvgIpc) is 2.74. The van der Waals surface area contributed by atoms with Gasteiger partial charge >= 0.3 is 0 Å². The van der Waals surface area contributed by atoms with Gasteiger partial charge in [-0.25, -0.2) is 0 Å².